The minimum atomic E-state index is -4.52. The van der Waals surface area contributed by atoms with E-state index in [1.54, 1.807) is 19.1 Å². The van der Waals surface area contributed by atoms with Gasteiger partial charge in [-0.2, -0.15) is 13.2 Å². The Labute approximate surface area is 127 Å². The van der Waals surface area contributed by atoms with E-state index in [0.717, 1.165) is 0 Å². The van der Waals surface area contributed by atoms with Crippen LogP contribution in [0.3, 0.4) is 0 Å². The van der Waals surface area contributed by atoms with Gasteiger partial charge in [-0.05, 0) is 24.6 Å². The minimum Gasteiger partial charge on any atom is -0.486 e. The van der Waals surface area contributed by atoms with Crippen molar-refractivity contribution in [3.63, 3.8) is 0 Å². The standard InChI is InChI=1S/C13H13BrF3NO3/c1-7(18-12(19)6-13(15,16)17)8-4-10-11(5-9(8)14)21-3-2-20-10/h4-5,7H,2-3,6H2,1H3,(H,18,19)/t7-/m1/s1. The number of carbonyl (C=O) groups is 1. The Hall–Kier alpha value is -1.44. The third kappa shape index (κ3) is 4.26. The molecule has 0 saturated carbocycles. The molecule has 0 saturated heterocycles. The summed E-state index contributed by atoms with van der Waals surface area (Å²) < 4.78 is 47.9. The molecule has 21 heavy (non-hydrogen) atoms. The highest BCUT2D eigenvalue weighted by Gasteiger charge is 2.32. The van der Waals surface area contributed by atoms with Crippen LogP contribution in [-0.2, 0) is 4.79 Å². The lowest BCUT2D eigenvalue weighted by Crippen LogP contribution is -2.31. The van der Waals surface area contributed by atoms with Crippen LogP contribution >= 0.6 is 15.9 Å². The number of hydrogen-bond acceptors (Lipinski definition) is 3. The number of benzene rings is 1. The predicted octanol–water partition coefficient (Wildman–Crippen LogP) is 3.35. The van der Waals surface area contributed by atoms with E-state index in [9.17, 15) is 18.0 Å². The summed E-state index contributed by atoms with van der Waals surface area (Å²) in [4.78, 5) is 11.3. The number of rotatable bonds is 3. The van der Waals surface area contributed by atoms with Gasteiger partial charge in [-0.1, -0.05) is 15.9 Å². The Kier molecular flexibility index (Phi) is 4.65. The monoisotopic (exact) mass is 367 g/mol. The summed E-state index contributed by atoms with van der Waals surface area (Å²) in [6, 6.07) is 2.73. The fourth-order valence-corrected chi connectivity index (χ4v) is 2.63. The second-order valence-corrected chi connectivity index (χ2v) is 5.45. The molecule has 2 rings (SSSR count). The van der Waals surface area contributed by atoms with Gasteiger partial charge < -0.3 is 14.8 Å². The highest BCUT2D eigenvalue weighted by molar-refractivity contribution is 9.10. The molecule has 1 atom stereocenters. The highest BCUT2D eigenvalue weighted by atomic mass is 79.9. The first-order chi connectivity index (χ1) is 9.76. The Bertz CT molecular complexity index is 548. The SMILES string of the molecule is C[C@@H](NC(=O)CC(F)(F)F)c1cc2c(cc1Br)OCCO2. The van der Waals surface area contributed by atoms with Crippen molar-refractivity contribution in [2.24, 2.45) is 0 Å². The average molecular weight is 368 g/mol. The molecule has 1 aromatic rings. The first-order valence-corrected chi connectivity index (χ1v) is 7.01. The van der Waals surface area contributed by atoms with E-state index < -0.39 is 24.5 Å². The van der Waals surface area contributed by atoms with Crippen LogP contribution in [-0.4, -0.2) is 25.3 Å². The molecule has 8 heteroatoms. The first kappa shape index (κ1) is 15.9. The van der Waals surface area contributed by atoms with E-state index in [4.69, 9.17) is 9.47 Å². The van der Waals surface area contributed by atoms with Gasteiger partial charge in [0.05, 0.1) is 6.04 Å². The summed E-state index contributed by atoms with van der Waals surface area (Å²) in [6.45, 7) is 2.45. The zero-order valence-electron chi connectivity index (χ0n) is 11.1. The van der Waals surface area contributed by atoms with Crippen molar-refractivity contribution < 1.29 is 27.4 Å². The maximum absolute atomic E-state index is 12.2. The molecule has 1 aliphatic rings. The molecular formula is C13H13BrF3NO3. The molecule has 1 aromatic carbocycles. The molecule has 0 fully saturated rings. The highest BCUT2D eigenvalue weighted by Crippen LogP contribution is 2.37. The summed E-state index contributed by atoms with van der Waals surface area (Å²) in [5.74, 6) is -0.00106. The van der Waals surface area contributed by atoms with Crippen molar-refractivity contribution in [1.29, 1.82) is 0 Å². The quantitative estimate of drug-likeness (QED) is 0.890. The molecule has 1 aliphatic heterocycles. The Morgan fingerprint density at radius 1 is 1.33 bits per heavy atom. The van der Waals surface area contributed by atoms with E-state index >= 15 is 0 Å². The van der Waals surface area contributed by atoms with Crippen LogP contribution in [0.1, 0.15) is 24.9 Å². The third-order valence-electron chi connectivity index (χ3n) is 2.87. The Balaban J connectivity index is 2.12. The fourth-order valence-electron chi connectivity index (χ4n) is 1.96. The average Bonchev–Trinajstić information content (AvgIpc) is 2.35. The van der Waals surface area contributed by atoms with Crippen molar-refractivity contribution >= 4 is 21.8 Å². The minimum absolute atomic E-state index is 0.406. The molecule has 116 valence electrons. The van der Waals surface area contributed by atoms with Gasteiger partial charge in [0, 0.05) is 4.47 Å². The summed E-state index contributed by atoms with van der Waals surface area (Å²) in [7, 11) is 0. The topological polar surface area (TPSA) is 47.6 Å². The van der Waals surface area contributed by atoms with Gasteiger partial charge >= 0.3 is 6.18 Å². The number of halogens is 4. The molecule has 0 spiro atoms. The number of fused-ring (bicyclic) bond motifs is 1. The molecule has 1 N–H and O–H groups in total. The lowest BCUT2D eigenvalue weighted by Gasteiger charge is -2.22. The molecule has 1 amide bonds. The van der Waals surface area contributed by atoms with Crippen LogP contribution in [0.25, 0.3) is 0 Å². The van der Waals surface area contributed by atoms with E-state index in [0.29, 0.717) is 34.7 Å². The lowest BCUT2D eigenvalue weighted by atomic mass is 10.1. The van der Waals surface area contributed by atoms with E-state index in [-0.39, 0.29) is 0 Å². The third-order valence-corrected chi connectivity index (χ3v) is 3.55. The second-order valence-electron chi connectivity index (χ2n) is 4.60. The van der Waals surface area contributed by atoms with Crippen LogP contribution in [0.5, 0.6) is 11.5 Å². The molecule has 0 bridgehead atoms. The predicted molar refractivity (Wildman–Crippen MR) is 72.4 cm³/mol. The summed E-state index contributed by atoms with van der Waals surface area (Å²) >= 11 is 3.32. The number of alkyl halides is 3. The molecule has 0 aromatic heterocycles. The van der Waals surface area contributed by atoms with E-state index in [1.165, 1.54) is 0 Å². The number of hydrogen-bond donors (Lipinski definition) is 1. The van der Waals surface area contributed by atoms with Gasteiger partial charge in [0.25, 0.3) is 0 Å². The smallest absolute Gasteiger partial charge is 0.397 e. The van der Waals surface area contributed by atoms with E-state index in [1.807, 2.05) is 0 Å². The van der Waals surface area contributed by atoms with Gasteiger partial charge in [-0.3, -0.25) is 4.79 Å². The van der Waals surface area contributed by atoms with Crippen LogP contribution < -0.4 is 14.8 Å². The fraction of sp³-hybridized carbons (Fsp3) is 0.462. The molecular weight excluding hydrogens is 355 g/mol. The normalized spacial score (nSPS) is 15.5. The van der Waals surface area contributed by atoms with Crippen molar-refractivity contribution in [1.82, 2.24) is 5.32 Å². The number of carbonyl (C=O) groups excluding carboxylic acids is 1. The lowest BCUT2D eigenvalue weighted by molar-refractivity contribution is -0.154. The molecule has 1 heterocycles. The van der Waals surface area contributed by atoms with Crippen molar-refractivity contribution in [3.8, 4) is 11.5 Å². The van der Waals surface area contributed by atoms with Crippen LogP contribution in [0, 0.1) is 0 Å². The van der Waals surface area contributed by atoms with Crippen LogP contribution in [0.2, 0.25) is 0 Å². The maximum Gasteiger partial charge on any atom is 0.397 e. The summed E-state index contributed by atoms with van der Waals surface area (Å²) in [6.07, 6.45) is -6.02. The zero-order valence-corrected chi connectivity index (χ0v) is 12.7. The van der Waals surface area contributed by atoms with Crippen molar-refractivity contribution in [3.05, 3.63) is 22.2 Å². The first-order valence-electron chi connectivity index (χ1n) is 6.21. The Morgan fingerprint density at radius 2 is 1.90 bits per heavy atom. The van der Waals surface area contributed by atoms with Crippen molar-refractivity contribution in [2.45, 2.75) is 25.6 Å². The van der Waals surface area contributed by atoms with Crippen LogP contribution in [0.15, 0.2) is 16.6 Å². The van der Waals surface area contributed by atoms with Crippen LogP contribution in [0.4, 0.5) is 13.2 Å². The van der Waals surface area contributed by atoms with Gasteiger partial charge in [0.15, 0.2) is 11.5 Å². The van der Waals surface area contributed by atoms with Gasteiger partial charge in [0.1, 0.15) is 19.6 Å². The molecule has 0 unspecified atom stereocenters. The second kappa shape index (κ2) is 6.13. The molecule has 0 aliphatic carbocycles. The summed E-state index contributed by atoms with van der Waals surface area (Å²) in [5, 5.41) is 2.32. The molecule has 0 radical (unpaired) electrons. The maximum atomic E-state index is 12.2. The number of amides is 1. The molecule has 4 nitrogen and oxygen atoms in total. The zero-order chi connectivity index (χ0) is 15.6. The largest absolute Gasteiger partial charge is 0.486 e. The Morgan fingerprint density at radius 3 is 2.48 bits per heavy atom. The van der Waals surface area contributed by atoms with Gasteiger partial charge in [-0.25, -0.2) is 0 Å². The van der Waals surface area contributed by atoms with Crippen molar-refractivity contribution in [2.75, 3.05) is 13.2 Å². The van der Waals surface area contributed by atoms with E-state index in [2.05, 4.69) is 21.2 Å². The summed E-state index contributed by atoms with van der Waals surface area (Å²) in [5.41, 5.74) is 0.620. The van der Waals surface area contributed by atoms with Gasteiger partial charge in [0.2, 0.25) is 5.91 Å². The number of nitrogens with one attached hydrogen (secondary N) is 1. The van der Waals surface area contributed by atoms with Gasteiger partial charge in [-0.15, -0.1) is 0 Å². The number of ether oxygens (including phenoxy) is 2.